The highest BCUT2D eigenvalue weighted by Crippen LogP contribution is 2.39. The Morgan fingerprint density at radius 2 is 2.00 bits per heavy atom. The molecule has 184 valence electrons. The van der Waals surface area contributed by atoms with E-state index in [1.807, 2.05) is 39.0 Å². The van der Waals surface area contributed by atoms with E-state index >= 15 is 0 Å². The molecule has 8 heteroatoms. The summed E-state index contributed by atoms with van der Waals surface area (Å²) in [6.45, 7) is 7.22. The van der Waals surface area contributed by atoms with Crippen molar-refractivity contribution in [3.8, 4) is 6.01 Å². The third-order valence-corrected chi connectivity index (χ3v) is 6.84. The van der Waals surface area contributed by atoms with Crippen molar-refractivity contribution in [1.29, 1.82) is 0 Å². The monoisotopic (exact) mass is 468 g/mol. The number of anilines is 3. The van der Waals surface area contributed by atoms with E-state index < -0.39 is 11.6 Å². The molecule has 2 aliphatic rings. The molecular weight excluding hydrogens is 432 g/mol. The molecule has 0 bridgehead atoms. The maximum Gasteiger partial charge on any atom is 0.316 e. The second kappa shape index (κ2) is 10.2. The first-order chi connectivity index (χ1) is 16.2. The fourth-order valence-corrected chi connectivity index (χ4v) is 4.74. The van der Waals surface area contributed by atoms with Crippen LogP contribution in [0.25, 0.3) is 0 Å². The van der Waals surface area contributed by atoms with Gasteiger partial charge in [0.25, 0.3) is 0 Å². The van der Waals surface area contributed by atoms with Gasteiger partial charge in [0, 0.05) is 6.54 Å². The minimum Gasteiger partial charge on any atom is -0.481 e. The molecule has 1 aromatic carbocycles. The van der Waals surface area contributed by atoms with E-state index in [-0.39, 0.29) is 18.4 Å². The number of rotatable bonds is 11. The number of hydrogen-bond donors (Lipinski definition) is 3. The molecule has 1 saturated carbocycles. The van der Waals surface area contributed by atoms with Crippen molar-refractivity contribution in [2.75, 3.05) is 23.4 Å². The van der Waals surface area contributed by atoms with E-state index in [9.17, 15) is 15.0 Å². The fraction of sp³-hybridized carbons (Fsp3) is 0.577. The van der Waals surface area contributed by atoms with Gasteiger partial charge >= 0.3 is 12.0 Å². The third-order valence-electron chi connectivity index (χ3n) is 6.84. The molecule has 1 unspecified atom stereocenters. The zero-order valence-electron chi connectivity index (χ0n) is 20.3. The molecule has 4 rings (SSSR count). The van der Waals surface area contributed by atoms with Gasteiger partial charge in [-0.25, -0.2) is 9.97 Å². The minimum absolute atomic E-state index is 0.00524. The van der Waals surface area contributed by atoms with Crippen molar-refractivity contribution in [2.24, 2.45) is 5.92 Å². The zero-order chi connectivity index (χ0) is 24.3. The first-order valence-corrected chi connectivity index (χ1v) is 12.3. The Balaban J connectivity index is 1.62. The lowest BCUT2D eigenvalue weighted by Crippen LogP contribution is -2.46. The molecular formula is C26H36N4O4. The first-order valence-electron chi connectivity index (χ1n) is 12.3. The summed E-state index contributed by atoms with van der Waals surface area (Å²) in [6, 6.07) is 6.46. The molecule has 2 fully saturated rings. The van der Waals surface area contributed by atoms with Crippen LogP contribution in [0.2, 0.25) is 0 Å². The van der Waals surface area contributed by atoms with Gasteiger partial charge in [-0.05, 0) is 75.5 Å². The number of ether oxygens (including phenoxy) is 1. The summed E-state index contributed by atoms with van der Waals surface area (Å²) in [4.78, 5) is 22.3. The smallest absolute Gasteiger partial charge is 0.316 e. The van der Waals surface area contributed by atoms with Crippen LogP contribution in [0.5, 0.6) is 6.01 Å². The van der Waals surface area contributed by atoms with Gasteiger partial charge in [-0.15, -0.1) is 0 Å². The van der Waals surface area contributed by atoms with Crippen LogP contribution in [0.4, 0.5) is 17.1 Å². The predicted molar refractivity (Wildman–Crippen MR) is 132 cm³/mol. The predicted octanol–water partition coefficient (Wildman–Crippen LogP) is 4.72. The summed E-state index contributed by atoms with van der Waals surface area (Å²) >= 11 is 0. The summed E-state index contributed by atoms with van der Waals surface area (Å²) in [6.07, 6.45) is 8.57. The second-order valence-corrected chi connectivity index (χ2v) is 10.1. The molecule has 1 aliphatic carbocycles. The molecule has 2 heterocycles. The fourth-order valence-electron chi connectivity index (χ4n) is 4.74. The van der Waals surface area contributed by atoms with Crippen LogP contribution in [-0.4, -0.2) is 50.9 Å². The summed E-state index contributed by atoms with van der Waals surface area (Å²) in [5.74, 6) is -0.249. The van der Waals surface area contributed by atoms with Gasteiger partial charge in [0.15, 0.2) is 0 Å². The van der Waals surface area contributed by atoms with Gasteiger partial charge < -0.3 is 25.2 Å². The molecule has 8 nitrogen and oxygen atoms in total. The Labute approximate surface area is 201 Å². The summed E-state index contributed by atoms with van der Waals surface area (Å²) < 4.78 is 5.65. The van der Waals surface area contributed by atoms with Gasteiger partial charge in [-0.3, -0.25) is 4.79 Å². The van der Waals surface area contributed by atoms with E-state index in [0.29, 0.717) is 18.5 Å². The highest BCUT2D eigenvalue weighted by Gasteiger charge is 2.37. The zero-order valence-corrected chi connectivity index (χ0v) is 20.3. The molecule has 1 saturated heterocycles. The normalized spacial score (nSPS) is 19.2. The number of carboxylic acid groups (broad SMARTS) is 1. The van der Waals surface area contributed by atoms with Gasteiger partial charge in [0.05, 0.1) is 54.1 Å². The lowest BCUT2D eigenvalue weighted by atomic mass is 9.92. The molecule has 2 atom stereocenters. The molecule has 0 amide bonds. The minimum atomic E-state index is -0.842. The third kappa shape index (κ3) is 5.97. The molecule has 0 spiro atoms. The van der Waals surface area contributed by atoms with Crippen LogP contribution in [0.15, 0.2) is 30.6 Å². The number of carboxylic acids is 1. The SMILES string of the molecule is CCC(CC(=O)O)c1ccc(N2CCC[C@H]2C(C)(C)O)c(Nc2cnc(OCC3CC3)nc2)c1. The Morgan fingerprint density at radius 1 is 1.26 bits per heavy atom. The number of aromatic nitrogens is 2. The average Bonchev–Trinajstić information content (AvgIpc) is 3.49. The van der Waals surface area contributed by atoms with Gasteiger partial charge in [-0.1, -0.05) is 13.0 Å². The molecule has 34 heavy (non-hydrogen) atoms. The number of hydrogen-bond acceptors (Lipinski definition) is 7. The van der Waals surface area contributed by atoms with Crippen molar-refractivity contribution in [1.82, 2.24) is 9.97 Å². The average molecular weight is 469 g/mol. The van der Waals surface area contributed by atoms with Crippen LogP contribution in [0, 0.1) is 5.92 Å². The number of aliphatic carboxylic acids is 1. The van der Waals surface area contributed by atoms with Crippen molar-refractivity contribution >= 4 is 23.0 Å². The quantitative estimate of drug-likeness (QED) is 0.435. The van der Waals surface area contributed by atoms with Gasteiger partial charge in [-0.2, -0.15) is 0 Å². The van der Waals surface area contributed by atoms with E-state index in [1.165, 1.54) is 12.8 Å². The molecule has 1 aliphatic heterocycles. The van der Waals surface area contributed by atoms with E-state index in [1.54, 1.807) is 12.4 Å². The van der Waals surface area contributed by atoms with Crippen LogP contribution >= 0.6 is 0 Å². The standard InChI is InChI=1S/C26H36N4O4/c1-4-18(13-24(31)32)19-9-10-22(30-11-5-6-23(30)26(2,3)33)21(12-19)29-20-14-27-25(28-15-20)34-16-17-7-8-17/h9-10,12,14-15,17-18,23,29,33H,4-8,11,13,16H2,1-3H3,(H,31,32)/t18?,23-/m0/s1. The molecule has 3 N–H and O–H groups in total. The second-order valence-electron chi connectivity index (χ2n) is 10.1. The van der Waals surface area contributed by atoms with Gasteiger partial charge in [0.1, 0.15) is 0 Å². The number of nitrogens with zero attached hydrogens (tertiary/aromatic N) is 3. The van der Waals surface area contributed by atoms with E-state index in [0.717, 1.165) is 48.4 Å². The summed E-state index contributed by atoms with van der Waals surface area (Å²) in [5, 5.41) is 23.6. The molecule has 0 radical (unpaired) electrons. The van der Waals surface area contributed by atoms with Crippen LogP contribution in [0.3, 0.4) is 0 Å². The maximum absolute atomic E-state index is 11.4. The number of aliphatic hydroxyl groups is 1. The van der Waals surface area contributed by atoms with Crippen molar-refractivity contribution in [3.63, 3.8) is 0 Å². The highest BCUT2D eigenvalue weighted by atomic mass is 16.5. The van der Waals surface area contributed by atoms with Crippen LogP contribution in [0.1, 0.15) is 70.8 Å². The Morgan fingerprint density at radius 3 is 2.62 bits per heavy atom. The number of nitrogens with one attached hydrogen (secondary N) is 1. The van der Waals surface area contributed by atoms with Gasteiger partial charge in [0.2, 0.25) is 0 Å². The molecule has 2 aromatic rings. The van der Waals surface area contributed by atoms with Crippen molar-refractivity contribution in [2.45, 2.75) is 76.9 Å². The van der Waals surface area contributed by atoms with E-state index in [2.05, 4.69) is 20.2 Å². The number of benzene rings is 1. The van der Waals surface area contributed by atoms with Crippen molar-refractivity contribution < 1.29 is 19.7 Å². The topological polar surface area (TPSA) is 108 Å². The first kappa shape index (κ1) is 24.3. The number of carbonyl (C=O) groups is 1. The Hall–Kier alpha value is -2.87. The summed E-state index contributed by atoms with van der Waals surface area (Å²) in [5.41, 5.74) is 2.69. The Bertz CT molecular complexity index is 985. The lowest BCUT2D eigenvalue weighted by molar-refractivity contribution is -0.137. The lowest BCUT2D eigenvalue weighted by Gasteiger charge is -2.36. The van der Waals surface area contributed by atoms with Crippen LogP contribution in [-0.2, 0) is 4.79 Å². The van der Waals surface area contributed by atoms with E-state index in [4.69, 9.17) is 4.74 Å². The highest BCUT2D eigenvalue weighted by molar-refractivity contribution is 5.77. The maximum atomic E-state index is 11.4. The van der Waals surface area contributed by atoms with Crippen molar-refractivity contribution in [3.05, 3.63) is 36.2 Å². The van der Waals surface area contributed by atoms with Crippen LogP contribution < -0.4 is 15.0 Å². The molecule has 1 aromatic heterocycles. The summed E-state index contributed by atoms with van der Waals surface area (Å²) in [7, 11) is 0. The largest absolute Gasteiger partial charge is 0.481 e. The Kier molecular flexibility index (Phi) is 7.26.